The van der Waals surface area contributed by atoms with Gasteiger partial charge in [0.2, 0.25) is 0 Å². The third-order valence-electron chi connectivity index (χ3n) is 2.59. The van der Waals surface area contributed by atoms with Crippen LogP contribution >= 0.6 is 0 Å². The number of aryl methyl sites for hydroxylation is 1. The van der Waals surface area contributed by atoms with Gasteiger partial charge in [-0.25, -0.2) is 4.39 Å². The predicted octanol–water partition coefficient (Wildman–Crippen LogP) is 4.03. The Balaban J connectivity index is 2.53. The van der Waals surface area contributed by atoms with Crippen molar-refractivity contribution in [3.05, 3.63) is 47.8 Å². The monoisotopic (exact) mass is 200 g/mol. The summed E-state index contributed by atoms with van der Waals surface area (Å²) in [6, 6.07) is 10.5. The Kier molecular flexibility index (Phi) is 1.60. The van der Waals surface area contributed by atoms with Gasteiger partial charge in [-0.1, -0.05) is 12.1 Å². The van der Waals surface area contributed by atoms with Crippen molar-refractivity contribution in [3.8, 4) is 0 Å². The highest BCUT2D eigenvalue weighted by Crippen LogP contribution is 2.29. The molecule has 15 heavy (non-hydrogen) atoms. The molecular weight excluding hydrogens is 191 g/mol. The molecule has 0 aliphatic carbocycles. The van der Waals surface area contributed by atoms with Crippen LogP contribution in [0, 0.1) is 12.7 Å². The second-order valence-electron chi connectivity index (χ2n) is 3.74. The molecule has 0 fully saturated rings. The van der Waals surface area contributed by atoms with Crippen LogP contribution in [-0.2, 0) is 0 Å². The highest BCUT2D eigenvalue weighted by molar-refractivity contribution is 6.04. The van der Waals surface area contributed by atoms with Crippen molar-refractivity contribution in [2.24, 2.45) is 0 Å². The van der Waals surface area contributed by atoms with E-state index in [2.05, 4.69) is 0 Å². The SMILES string of the molecule is Cc1ccc2c(c1)oc1ccc(F)cc12. The minimum atomic E-state index is -0.231. The third kappa shape index (κ3) is 1.22. The summed E-state index contributed by atoms with van der Waals surface area (Å²) in [7, 11) is 0. The average molecular weight is 200 g/mol. The smallest absolute Gasteiger partial charge is 0.135 e. The number of halogens is 1. The molecular formula is C13H9FO. The zero-order valence-electron chi connectivity index (χ0n) is 8.25. The third-order valence-corrected chi connectivity index (χ3v) is 2.59. The molecule has 3 aromatic rings. The van der Waals surface area contributed by atoms with Crippen LogP contribution in [0.25, 0.3) is 21.9 Å². The first-order valence-corrected chi connectivity index (χ1v) is 4.82. The maximum atomic E-state index is 13.1. The van der Waals surface area contributed by atoms with E-state index in [0.29, 0.717) is 0 Å². The van der Waals surface area contributed by atoms with E-state index in [4.69, 9.17) is 4.42 Å². The van der Waals surface area contributed by atoms with Crippen LogP contribution in [-0.4, -0.2) is 0 Å². The zero-order chi connectivity index (χ0) is 10.4. The molecule has 0 aliphatic rings. The van der Waals surface area contributed by atoms with Crippen LogP contribution in [0.1, 0.15) is 5.56 Å². The lowest BCUT2D eigenvalue weighted by molar-refractivity contribution is 0.626. The molecule has 0 radical (unpaired) electrons. The van der Waals surface area contributed by atoms with Gasteiger partial charge in [0.15, 0.2) is 0 Å². The van der Waals surface area contributed by atoms with Crippen LogP contribution in [0.5, 0.6) is 0 Å². The second kappa shape index (κ2) is 2.83. The van der Waals surface area contributed by atoms with E-state index in [0.717, 1.165) is 27.5 Å². The van der Waals surface area contributed by atoms with E-state index in [1.165, 1.54) is 12.1 Å². The first-order chi connectivity index (χ1) is 7.24. The number of furan rings is 1. The molecule has 0 atom stereocenters. The molecule has 0 N–H and O–H groups in total. The second-order valence-corrected chi connectivity index (χ2v) is 3.74. The van der Waals surface area contributed by atoms with Gasteiger partial charge in [-0.05, 0) is 36.8 Å². The van der Waals surface area contributed by atoms with Crippen molar-refractivity contribution in [3.63, 3.8) is 0 Å². The summed E-state index contributed by atoms with van der Waals surface area (Å²) in [6.07, 6.45) is 0. The Labute approximate surface area is 86.1 Å². The van der Waals surface area contributed by atoms with E-state index >= 15 is 0 Å². The Hall–Kier alpha value is -1.83. The maximum absolute atomic E-state index is 13.1. The zero-order valence-corrected chi connectivity index (χ0v) is 8.25. The average Bonchev–Trinajstić information content (AvgIpc) is 2.54. The summed E-state index contributed by atoms with van der Waals surface area (Å²) in [5.74, 6) is -0.231. The van der Waals surface area contributed by atoms with Gasteiger partial charge >= 0.3 is 0 Å². The Morgan fingerprint density at radius 3 is 2.67 bits per heavy atom. The van der Waals surface area contributed by atoms with Gasteiger partial charge in [-0.2, -0.15) is 0 Å². The van der Waals surface area contributed by atoms with Crippen molar-refractivity contribution < 1.29 is 8.81 Å². The van der Waals surface area contributed by atoms with Gasteiger partial charge in [0.1, 0.15) is 17.0 Å². The Morgan fingerprint density at radius 1 is 0.933 bits per heavy atom. The van der Waals surface area contributed by atoms with Gasteiger partial charge < -0.3 is 4.42 Å². The van der Waals surface area contributed by atoms with Crippen molar-refractivity contribution in [2.45, 2.75) is 6.92 Å². The summed E-state index contributed by atoms with van der Waals surface area (Å²) in [5.41, 5.74) is 2.69. The first kappa shape index (κ1) is 8.48. The molecule has 0 spiro atoms. The molecule has 0 amide bonds. The lowest BCUT2D eigenvalue weighted by atomic mass is 10.1. The summed E-state index contributed by atoms with van der Waals surface area (Å²) in [5, 5.41) is 1.81. The number of rotatable bonds is 0. The summed E-state index contributed by atoms with van der Waals surface area (Å²) in [6.45, 7) is 2.01. The molecule has 1 nitrogen and oxygen atoms in total. The lowest BCUT2D eigenvalue weighted by Gasteiger charge is -1.91. The molecule has 0 saturated heterocycles. The van der Waals surface area contributed by atoms with Gasteiger partial charge in [0.05, 0.1) is 0 Å². The Morgan fingerprint density at radius 2 is 1.80 bits per heavy atom. The van der Waals surface area contributed by atoms with Crippen molar-refractivity contribution in [1.29, 1.82) is 0 Å². The Bertz CT molecular complexity index is 652. The predicted molar refractivity (Wildman–Crippen MR) is 58.4 cm³/mol. The molecule has 1 heterocycles. The number of hydrogen-bond donors (Lipinski definition) is 0. The molecule has 3 rings (SSSR count). The lowest BCUT2D eigenvalue weighted by Crippen LogP contribution is -1.72. The van der Waals surface area contributed by atoms with Crippen molar-refractivity contribution >= 4 is 21.9 Å². The summed E-state index contributed by atoms with van der Waals surface area (Å²) < 4.78 is 18.7. The van der Waals surface area contributed by atoms with Crippen LogP contribution in [0.4, 0.5) is 4.39 Å². The van der Waals surface area contributed by atoms with E-state index in [-0.39, 0.29) is 5.82 Å². The fourth-order valence-corrected chi connectivity index (χ4v) is 1.86. The minimum absolute atomic E-state index is 0.231. The van der Waals surface area contributed by atoms with E-state index in [1.807, 2.05) is 25.1 Å². The van der Waals surface area contributed by atoms with Crippen LogP contribution in [0.15, 0.2) is 40.8 Å². The molecule has 2 heteroatoms. The van der Waals surface area contributed by atoms with E-state index in [9.17, 15) is 4.39 Å². The van der Waals surface area contributed by atoms with Gasteiger partial charge in [0, 0.05) is 10.8 Å². The molecule has 0 unspecified atom stereocenters. The molecule has 1 aromatic heterocycles. The molecule has 2 aromatic carbocycles. The molecule has 0 saturated carbocycles. The van der Waals surface area contributed by atoms with Crippen molar-refractivity contribution in [2.75, 3.05) is 0 Å². The normalized spacial score (nSPS) is 11.3. The van der Waals surface area contributed by atoms with Crippen LogP contribution in [0.3, 0.4) is 0 Å². The largest absolute Gasteiger partial charge is 0.456 e. The number of fused-ring (bicyclic) bond motifs is 3. The highest BCUT2D eigenvalue weighted by Gasteiger charge is 2.07. The van der Waals surface area contributed by atoms with E-state index < -0.39 is 0 Å². The topological polar surface area (TPSA) is 13.1 Å². The fraction of sp³-hybridized carbons (Fsp3) is 0.0769. The summed E-state index contributed by atoms with van der Waals surface area (Å²) in [4.78, 5) is 0. The van der Waals surface area contributed by atoms with Gasteiger partial charge in [-0.15, -0.1) is 0 Å². The maximum Gasteiger partial charge on any atom is 0.135 e. The quantitative estimate of drug-likeness (QED) is 0.534. The summed E-state index contributed by atoms with van der Waals surface area (Å²) >= 11 is 0. The molecule has 0 bridgehead atoms. The van der Waals surface area contributed by atoms with Crippen molar-refractivity contribution in [1.82, 2.24) is 0 Å². The van der Waals surface area contributed by atoms with Crippen LogP contribution in [0.2, 0.25) is 0 Å². The van der Waals surface area contributed by atoms with E-state index in [1.54, 1.807) is 6.07 Å². The fourth-order valence-electron chi connectivity index (χ4n) is 1.86. The van der Waals surface area contributed by atoms with Crippen LogP contribution < -0.4 is 0 Å². The molecule has 0 aliphatic heterocycles. The standard InChI is InChI=1S/C13H9FO/c1-8-2-4-10-11-7-9(14)3-5-12(11)15-13(10)6-8/h2-7H,1H3. The van der Waals surface area contributed by atoms with Gasteiger partial charge in [0.25, 0.3) is 0 Å². The van der Waals surface area contributed by atoms with Gasteiger partial charge in [-0.3, -0.25) is 0 Å². The molecule has 74 valence electrons. The minimum Gasteiger partial charge on any atom is -0.456 e. The number of benzene rings is 2. The highest BCUT2D eigenvalue weighted by atomic mass is 19.1. The number of hydrogen-bond acceptors (Lipinski definition) is 1. The first-order valence-electron chi connectivity index (χ1n) is 4.82.